The number of nitro groups is 1. The number of hydrogen-bond acceptors (Lipinski definition) is 6. The van der Waals surface area contributed by atoms with Crippen LogP contribution in [0.15, 0.2) is 23.1 Å². The van der Waals surface area contributed by atoms with E-state index in [2.05, 4.69) is 4.72 Å². The molecule has 0 aliphatic carbocycles. The Bertz CT molecular complexity index is 633. The van der Waals surface area contributed by atoms with Gasteiger partial charge < -0.3 is 10.5 Å². The van der Waals surface area contributed by atoms with Gasteiger partial charge in [-0.25, -0.2) is 13.1 Å². The van der Waals surface area contributed by atoms with Gasteiger partial charge in [0.05, 0.1) is 18.1 Å². The molecule has 0 aliphatic heterocycles. The molecule has 22 heavy (non-hydrogen) atoms. The molecule has 0 saturated carbocycles. The third-order valence-electron chi connectivity index (χ3n) is 3.74. The topological polar surface area (TPSA) is 125 Å². The number of hydrogen-bond donors (Lipinski definition) is 2. The third-order valence-corrected chi connectivity index (χ3v) is 5.36. The molecule has 8 nitrogen and oxygen atoms in total. The van der Waals surface area contributed by atoms with Crippen LogP contribution in [0.2, 0.25) is 0 Å². The van der Waals surface area contributed by atoms with Crippen molar-refractivity contribution in [1.82, 2.24) is 4.72 Å². The molecule has 1 rings (SSSR count). The van der Waals surface area contributed by atoms with E-state index >= 15 is 0 Å². The maximum Gasteiger partial charge on any atom is 0.273 e. The Morgan fingerprint density at radius 3 is 2.36 bits per heavy atom. The van der Waals surface area contributed by atoms with Gasteiger partial charge in [-0.2, -0.15) is 0 Å². The number of nitro benzene ring substituents is 1. The summed E-state index contributed by atoms with van der Waals surface area (Å²) in [5, 5.41) is 10.8. The molecule has 1 aromatic carbocycles. The Balaban J connectivity index is 3.31. The summed E-state index contributed by atoms with van der Waals surface area (Å²) < 4.78 is 32.7. The molecule has 0 amide bonds. The molecule has 3 N–H and O–H groups in total. The normalized spacial score (nSPS) is 12.2. The van der Waals surface area contributed by atoms with Crippen LogP contribution in [0.25, 0.3) is 0 Å². The monoisotopic (exact) mass is 331 g/mol. The molecule has 0 fully saturated rings. The lowest BCUT2D eigenvalue weighted by molar-refractivity contribution is -0.385. The van der Waals surface area contributed by atoms with E-state index in [4.69, 9.17) is 10.5 Å². The molecule has 0 heterocycles. The highest BCUT2D eigenvalue weighted by molar-refractivity contribution is 7.89. The van der Waals surface area contributed by atoms with E-state index in [1.165, 1.54) is 7.11 Å². The minimum atomic E-state index is -3.92. The van der Waals surface area contributed by atoms with Crippen LogP contribution in [-0.2, 0) is 10.0 Å². The van der Waals surface area contributed by atoms with Crippen molar-refractivity contribution in [2.75, 3.05) is 13.7 Å². The smallest absolute Gasteiger partial charge is 0.273 e. The number of nitrogens with zero attached hydrogens (tertiary/aromatic N) is 1. The fraction of sp³-hybridized carbons (Fsp3) is 0.538. The number of sulfonamides is 1. The van der Waals surface area contributed by atoms with Crippen molar-refractivity contribution in [2.45, 2.75) is 37.1 Å². The number of non-ortho nitro benzene ring substituents is 1. The molecule has 0 spiro atoms. The Labute approximate surface area is 129 Å². The standard InChI is InChI=1S/C13H21N3O5S/c1-4-13(5-2,9-14)15-22(19,20)12-7-6-10(16(17)18)8-11(12)21-3/h6-8,15H,4-5,9,14H2,1-3H3. The summed E-state index contributed by atoms with van der Waals surface area (Å²) in [6.07, 6.45) is 1.04. The van der Waals surface area contributed by atoms with Gasteiger partial charge >= 0.3 is 0 Å². The third kappa shape index (κ3) is 3.73. The number of benzene rings is 1. The van der Waals surface area contributed by atoms with Crippen molar-refractivity contribution < 1.29 is 18.1 Å². The molecule has 0 unspecified atom stereocenters. The molecule has 0 saturated heterocycles. The Morgan fingerprint density at radius 1 is 1.36 bits per heavy atom. The van der Waals surface area contributed by atoms with E-state index in [9.17, 15) is 18.5 Å². The van der Waals surface area contributed by atoms with Gasteiger partial charge in [0.2, 0.25) is 10.0 Å². The lowest BCUT2D eigenvalue weighted by Gasteiger charge is -2.31. The summed E-state index contributed by atoms with van der Waals surface area (Å²) in [6.45, 7) is 3.83. The van der Waals surface area contributed by atoms with Crippen LogP contribution in [-0.4, -0.2) is 32.5 Å². The predicted octanol–water partition coefficient (Wildman–Crippen LogP) is 1.40. The Morgan fingerprint density at radius 2 is 1.95 bits per heavy atom. The maximum atomic E-state index is 12.6. The van der Waals surface area contributed by atoms with Crippen LogP contribution in [0.1, 0.15) is 26.7 Å². The molecule has 0 atom stereocenters. The molecule has 1 aromatic rings. The highest BCUT2D eigenvalue weighted by atomic mass is 32.2. The molecular formula is C13H21N3O5S. The summed E-state index contributed by atoms with van der Waals surface area (Å²) in [4.78, 5) is 10.00. The van der Waals surface area contributed by atoms with Gasteiger partial charge in [-0.3, -0.25) is 10.1 Å². The van der Waals surface area contributed by atoms with E-state index in [1.807, 2.05) is 13.8 Å². The first kappa shape index (κ1) is 18.3. The van der Waals surface area contributed by atoms with Crippen molar-refractivity contribution in [2.24, 2.45) is 5.73 Å². The highest BCUT2D eigenvalue weighted by Crippen LogP contribution is 2.29. The quantitative estimate of drug-likeness (QED) is 0.548. The number of methoxy groups -OCH3 is 1. The number of nitrogens with one attached hydrogen (secondary N) is 1. The first-order chi connectivity index (χ1) is 10.2. The number of nitrogens with two attached hydrogens (primary N) is 1. The van der Waals surface area contributed by atoms with Crippen molar-refractivity contribution in [3.05, 3.63) is 28.3 Å². The first-order valence-electron chi connectivity index (χ1n) is 6.81. The average Bonchev–Trinajstić information content (AvgIpc) is 2.52. The highest BCUT2D eigenvalue weighted by Gasteiger charge is 2.32. The van der Waals surface area contributed by atoms with Crippen molar-refractivity contribution >= 4 is 15.7 Å². The maximum absolute atomic E-state index is 12.6. The van der Waals surface area contributed by atoms with E-state index in [0.717, 1.165) is 18.2 Å². The zero-order valence-corrected chi connectivity index (χ0v) is 13.6. The zero-order valence-electron chi connectivity index (χ0n) is 12.8. The fourth-order valence-electron chi connectivity index (χ4n) is 2.06. The van der Waals surface area contributed by atoms with Crippen LogP contribution in [0, 0.1) is 10.1 Å². The molecule has 9 heteroatoms. The van der Waals surface area contributed by atoms with Crippen LogP contribution in [0.5, 0.6) is 5.75 Å². The van der Waals surface area contributed by atoms with Crippen LogP contribution >= 0.6 is 0 Å². The fourth-order valence-corrected chi connectivity index (χ4v) is 3.76. The van der Waals surface area contributed by atoms with Gasteiger partial charge in [0.25, 0.3) is 5.69 Å². The molecule has 124 valence electrons. The van der Waals surface area contributed by atoms with E-state index < -0.39 is 20.5 Å². The van der Waals surface area contributed by atoms with Crippen LogP contribution in [0.4, 0.5) is 5.69 Å². The minimum Gasteiger partial charge on any atom is -0.495 e. The summed E-state index contributed by atoms with van der Waals surface area (Å²) in [7, 11) is -2.66. The van der Waals surface area contributed by atoms with E-state index in [0.29, 0.717) is 12.8 Å². The SMILES string of the molecule is CCC(CC)(CN)NS(=O)(=O)c1ccc([N+](=O)[O-])cc1OC. The van der Waals surface area contributed by atoms with Crippen molar-refractivity contribution in [3.63, 3.8) is 0 Å². The molecule has 0 bridgehead atoms. The van der Waals surface area contributed by atoms with Crippen molar-refractivity contribution in [1.29, 1.82) is 0 Å². The van der Waals surface area contributed by atoms with Crippen LogP contribution in [0.3, 0.4) is 0 Å². The van der Waals surface area contributed by atoms with Gasteiger partial charge in [0.15, 0.2) is 0 Å². The lowest BCUT2D eigenvalue weighted by atomic mass is 9.95. The predicted molar refractivity (Wildman–Crippen MR) is 82.3 cm³/mol. The van der Waals surface area contributed by atoms with Gasteiger partial charge in [-0.15, -0.1) is 0 Å². The summed E-state index contributed by atoms with van der Waals surface area (Å²) in [5.74, 6) is -0.0835. The van der Waals surface area contributed by atoms with Gasteiger partial charge in [0, 0.05) is 18.2 Å². The molecular weight excluding hydrogens is 310 g/mol. The summed E-state index contributed by atoms with van der Waals surface area (Å²) in [6, 6.07) is 3.36. The van der Waals surface area contributed by atoms with Gasteiger partial charge in [-0.05, 0) is 18.9 Å². The Kier molecular flexibility index (Phi) is 5.86. The van der Waals surface area contributed by atoms with E-state index in [-0.39, 0.29) is 22.9 Å². The first-order valence-corrected chi connectivity index (χ1v) is 8.30. The average molecular weight is 331 g/mol. The Hall–Kier alpha value is -1.71. The molecule has 0 radical (unpaired) electrons. The van der Waals surface area contributed by atoms with Gasteiger partial charge in [-0.1, -0.05) is 13.8 Å². The summed E-state index contributed by atoms with van der Waals surface area (Å²) >= 11 is 0. The van der Waals surface area contributed by atoms with E-state index in [1.54, 1.807) is 0 Å². The largest absolute Gasteiger partial charge is 0.495 e. The number of rotatable bonds is 8. The lowest BCUT2D eigenvalue weighted by Crippen LogP contribution is -2.52. The van der Waals surface area contributed by atoms with Crippen molar-refractivity contribution in [3.8, 4) is 5.75 Å². The second kappa shape index (κ2) is 7.03. The number of ether oxygens (including phenoxy) is 1. The van der Waals surface area contributed by atoms with Crippen LogP contribution < -0.4 is 15.2 Å². The zero-order chi connectivity index (χ0) is 17.0. The molecule has 0 aliphatic rings. The second-order valence-electron chi connectivity index (χ2n) is 4.89. The molecule has 0 aromatic heterocycles. The minimum absolute atomic E-state index is 0.0835. The summed E-state index contributed by atoms with van der Waals surface area (Å²) in [5.41, 5.74) is 4.70. The second-order valence-corrected chi connectivity index (χ2v) is 6.54. The van der Waals surface area contributed by atoms with Gasteiger partial charge in [0.1, 0.15) is 10.6 Å².